The van der Waals surface area contributed by atoms with Crippen LogP contribution in [0.15, 0.2) is 12.2 Å². The van der Waals surface area contributed by atoms with Crippen LogP contribution in [0, 0.1) is 5.41 Å². The Morgan fingerprint density at radius 3 is 2.25 bits per heavy atom. The molecule has 1 atom stereocenters. The van der Waals surface area contributed by atoms with E-state index in [1.807, 2.05) is 13.8 Å². The van der Waals surface area contributed by atoms with E-state index in [4.69, 9.17) is 5.14 Å². The van der Waals surface area contributed by atoms with Gasteiger partial charge in [-0.25, -0.2) is 0 Å². The van der Waals surface area contributed by atoms with E-state index in [0.717, 1.165) is 18.4 Å². The van der Waals surface area contributed by atoms with Gasteiger partial charge in [0.15, 0.2) is 4.75 Å². The van der Waals surface area contributed by atoms with Gasteiger partial charge in [-0.05, 0) is 37.7 Å². The average molecular weight is 187 g/mol. The fraction of sp³-hybridized carbons (Fsp3) is 0.778. The van der Waals surface area contributed by atoms with E-state index in [2.05, 4.69) is 13.5 Å². The van der Waals surface area contributed by atoms with Crippen molar-refractivity contribution in [2.45, 2.75) is 38.4 Å². The lowest BCUT2D eigenvalue weighted by molar-refractivity contribution is 0.536. The van der Waals surface area contributed by atoms with Crippen molar-refractivity contribution in [3.05, 3.63) is 12.2 Å². The number of nitrogens with two attached hydrogens (primary N) is 1. The molecule has 12 heavy (non-hydrogen) atoms. The van der Waals surface area contributed by atoms with E-state index in [-0.39, 0.29) is 5.41 Å². The minimum absolute atomic E-state index is 0.207. The van der Waals surface area contributed by atoms with E-state index in [0.29, 0.717) is 0 Å². The van der Waals surface area contributed by atoms with Gasteiger partial charge in [0.2, 0.25) is 0 Å². The number of hydrogen-bond acceptors (Lipinski definition) is 2. The zero-order valence-corrected chi connectivity index (χ0v) is 8.83. The van der Waals surface area contributed by atoms with Gasteiger partial charge in [0.25, 0.3) is 0 Å². The molecule has 0 aromatic rings. The Labute approximate surface area is 77.5 Å². The molecule has 0 aromatic heterocycles. The molecule has 0 aromatic carbocycles. The summed E-state index contributed by atoms with van der Waals surface area (Å²) in [7, 11) is 0. The van der Waals surface area contributed by atoms with Crippen LogP contribution < -0.4 is 5.14 Å². The maximum absolute atomic E-state index is 11.2. The molecule has 1 unspecified atom stereocenters. The van der Waals surface area contributed by atoms with Crippen LogP contribution in [0.5, 0.6) is 0 Å². The monoisotopic (exact) mass is 187 g/mol. The molecule has 0 heterocycles. The fourth-order valence-corrected chi connectivity index (χ4v) is 1.83. The first-order chi connectivity index (χ1) is 5.31. The highest BCUT2D eigenvalue weighted by Crippen LogP contribution is 2.54. The van der Waals surface area contributed by atoms with E-state index < -0.39 is 16.1 Å². The third-order valence-corrected chi connectivity index (χ3v) is 4.21. The first-order valence-corrected chi connectivity index (χ1v) is 5.38. The summed E-state index contributed by atoms with van der Waals surface area (Å²) in [6.07, 6.45) is 2.32. The van der Waals surface area contributed by atoms with Crippen LogP contribution in [0.2, 0.25) is 0 Å². The van der Waals surface area contributed by atoms with Crippen LogP contribution >= 0.6 is 0 Å². The van der Waals surface area contributed by atoms with Gasteiger partial charge < -0.3 is 4.55 Å². The highest BCUT2D eigenvalue weighted by Gasteiger charge is 2.49. The van der Waals surface area contributed by atoms with Gasteiger partial charge in [-0.2, -0.15) is 5.14 Å². The third-order valence-electron chi connectivity index (χ3n) is 2.96. The summed E-state index contributed by atoms with van der Waals surface area (Å²) in [5, 5.41) is 5.41. The molecule has 1 aliphatic carbocycles. The van der Waals surface area contributed by atoms with E-state index in [1.165, 1.54) is 0 Å². The molecule has 0 bridgehead atoms. The van der Waals surface area contributed by atoms with Crippen molar-refractivity contribution in [3.63, 3.8) is 0 Å². The third kappa shape index (κ3) is 1.53. The molecule has 0 spiro atoms. The summed E-state index contributed by atoms with van der Waals surface area (Å²) in [6, 6.07) is 0. The zero-order chi connectivity index (χ0) is 9.57. The average Bonchev–Trinajstić information content (AvgIpc) is 2.67. The van der Waals surface area contributed by atoms with E-state index in [9.17, 15) is 4.55 Å². The molecule has 1 rings (SSSR count). The summed E-state index contributed by atoms with van der Waals surface area (Å²) in [4.78, 5) is 0. The molecule has 70 valence electrons. The normalized spacial score (nSPS) is 23.4. The van der Waals surface area contributed by atoms with Crippen LogP contribution in [0.4, 0.5) is 0 Å². The molecular weight excluding hydrogens is 170 g/mol. The lowest BCUT2D eigenvalue weighted by atomic mass is 9.89. The van der Waals surface area contributed by atoms with Gasteiger partial charge in [0, 0.05) is 11.4 Å². The molecular formula is C9H17NOS. The van der Waals surface area contributed by atoms with E-state index >= 15 is 0 Å². The Morgan fingerprint density at radius 1 is 1.58 bits per heavy atom. The molecule has 1 aliphatic rings. The Morgan fingerprint density at radius 2 is 2.00 bits per heavy atom. The van der Waals surface area contributed by atoms with Crippen LogP contribution in [-0.4, -0.2) is 9.30 Å². The second kappa shape index (κ2) is 2.76. The highest BCUT2D eigenvalue weighted by atomic mass is 32.2. The first-order valence-electron chi connectivity index (χ1n) is 4.17. The molecule has 2 N–H and O–H groups in total. The molecule has 1 saturated carbocycles. The van der Waals surface area contributed by atoms with Crippen LogP contribution in [-0.2, 0) is 11.4 Å². The highest BCUT2D eigenvalue weighted by molar-refractivity contribution is 7.90. The predicted octanol–water partition coefficient (Wildman–Crippen LogP) is 1.74. The summed E-state index contributed by atoms with van der Waals surface area (Å²) < 4.78 is 10.8. The smallest absolute Gasteiger partial charge is 0.160 e. The molecule has 0 aliphatic heterocycles. The molecule has 0 saturated heterocycles. The summed E-state index contributed by atoms with van der Waals surface area (Å²) in [6.45, 7) is 9.96. The topological polar surface area (TPSA) is 49.1 Å². The second-order valence-electron chi connectivity index (χ2n) is 4.35. The molecule has 0 amide bonds. The Kier molecular flexibility index (Phi) is 2.32. The summed E-state index contributed by atoms with van der Waals surface area (Å²) in [5.74, 6) is 0. The van der Waals surface area contributed by atoms with Gasteiger partial charge in [-0.1, -0.05) is 13.5 Å². The molecule has 3 heteroatoms. The summed E-state index contributed by atoms with van der Waals surface area (Å²) >= 11 is -1.31. The summed E-state index contributed by atoms with van der Waals surface area (Å²) in [5.41, 5.74) is 1.24. The standard InChI is InChI=1S/C9H17NOS/c1-7(9(4)5-6-9)8(2,3)12(10)11/h1,5-6,10H2,2-4H3. The predicted molar refractivity (Wildman–Crippen MR) is 52.9 cm³/mol. The van der Waals surface area contributed by atoms with Crippen molar-refractivity contribution in [1.82, 2.24) is 0 Å². The second-order valence-corrected chi connectivity index (χ2v) is 5.96. The number of rotatable bonds is 3. The SMILES string of the molecule is C=C(C1(C)CC1)C(C)(C)[S+](N)[O-]. The Balaban J connectivity index is 2.75. The minimum atomic E-state index is -1.31. The maximum atomic E-state index is 11.2. The van der Waals surface area contributed by atoms with E-state index in [1.54, 1.807) is 0 Å². The maximum Gasteiger partial charge on any atom is 0.160 e. The first kappa shape index (κ1) is 10.1. The minimum Gasteiger partial charge on any atom is -0.598 e. The van der Waals surface area contributed by atoms with Gasteiger partial charge >= 0.3 is 0 Å². The van der Waals surface area contributed by atoms with Crippen molar-refractivity contribution >= 4 is 11.4 Å². The lowest BCUT2D eigenvalue weighted by Crippen LogP contribution is -2.41. The fourth-order valence-electron chi connectivity index (χ4n) is 1.34. The van der Waals surface area contributed by atoms with Crippen molar-refractivity contribution in [1.29, 1.82) is 0 Å². The molecule has 2 nitrogen and oxygen atoms in total. The van der Waals surface area contributed by atoms with Crippen LogP contribution in [0.3, 0.4) is 0 Å². The van der Waals surface area contributed by atoms with Crippen molar-refractivity contribution in [2.75, 3.05) is 0 Å². The van der Waals surface area contributed by atoms with Crippen molar-refractivity contribution < 1.29 is 4.55 Å². The van der Waals surface area contributed by atoms with Gasteiger partial charge in [-0.3, -0.25) is 0 Å². The lowest BCUT2D eigenvalue weighted by Gasteiger charge is -2.30. The van der Waals surface area contributed by atoms with Crippen LogP contribution in [0.1, 0.15) is 33.6 Å². The molecule has 0 radical (unpaired) electrons. The van der Waals surface area contributed by atoms with Crippen molar-refractivity contribution in [2.24, 2.45) is 10.6 Å². The van der Waals surface area contributed by atoms with Crippen molar-refractivity contribution in [3.8, 4) is 0 Å². The largest absolute Gasteiger partial charge is 0.598 e. The van der Waals surface area contributed by atoms with Gasteiger partial charge in [0.1, 0.15) is 0 Å². The van der Waals surface area contributed by atoms with Gasteiger partial charge in [-0.15, -0.1) is 0 Å². The number of hydrogen-bond donors (Lipinski definition) is 1. The van der Waals surface area contributed by atoms with Gasteiger partial charge in [0.05, 0.1) is 0 Å². The molecule has 1 fully saturated rings. The Hall–Kier alpha value is 0.01000. The zero-order valence-electron chi connectivity index (χ0n) is 8.02. The van der Waals surface area contributed by atoms with Crippen LogP contribution in [0.25, 0.3) is 0 Å². The quantitative estimate of drug-likeness (QED) is 0.540. The Bertz CT molecular complexity index is 207.